The highest BCUT2D eigenvalue weighted by atomic mass is 32.2. The Hall–Kier alpha value is -2.38. The van der Waals surface area contributed by atoms with Crippen molar-refractivity contribution in [2.24, 2.45) is 46.0 Å². The standard InChI is InChI=1S/C27H52N4O12S2/c1-16(2)20(28)22(32)30-12-18(24(34)35)26(5,6)14-42-44(38,39)10-9-11-45(40,41)43-15-27(7,8)19(25(36)37)13-31-23(33)21(29)17(3)4/h16-21H,9-15,28-29H2,1-8H3,(H,30,32)(H,31,33)(H,34,35)(H,36,37)/t18-,19?,20-,21-/m0/s1. The third kappa shape index (κ3) is 15.2. The number of nitrogens with two attached hydrogens (primary N) is 2. The maximum absolute atomic E-state index is 12.5. The van der Waals surface area contributed by atoms with Crippen molar-refractivity contribution in [2.75, 3.05) is 37.8 Å². The number of aliphatic carboxylic acids is 2. The number of amides is 2. The second kappa shape index (κ2) is 17.5. The van der Waals surface area contributed by atoms with Crippen LogP contribution in [0.15, 0.2) is 0 Å². The van der Waals surface area contributed by atoms with Gasteiger partial charge in [-0.05, 0) is 18.3 Å². The molecule has 45 heavy (non-hydrogen) atoms. The van der Waals surface area contributed by atoms with Gasteiger partial charge in [0, 0.05) is 23.9 Å². The number of nitrogens with one attached hydrogen (secondary N) is 2. The van der Waals surface area contributed by atoms with E-state index >= 15 is 0 Å². The van der Waals surface area contributed by atoms with Gasteiger partial charge < -0.3 is 32.3 Å². The van der Waals surface area contributed by atoms with E-state index in [1.807, 2.05) is 0 Å². The fraction of sp³-hybridized carbons (Fsp3) is 0.852. The molecule has 16 nitrogen and oxygen atoms in total. The highest BCUT2D eigenvalue weighted by Crippen LogP contribution is 2.29. The fourth-order valence-corrected chi connectivity index (χ4v) is 6.24. The van der Waals surface area contributed by atoms with Crippen molar-refractivity contribution in [3.63, 3.8) is 0 Å². The van der Waals surface area contributed by atoms with Crippen molar-refractivity contribution in [3.05, 3.63) is 0 Å². The molecule has 18 heteroatoms. The number of carbonyl (C=O) groups is 4. The summed E-state index contributed by atoms with van der Waals surface area (Å²) >= 11 is 0. The molecule has 0 aliphatic carbocycles. The Balaban J connectivity index is 5.11. The van der Waals surface area contributed by atoms with Gasteiger partial charge in [-0.15, -0.1) is 0 Å². The monoisotopic (exact) mass is 688 g/mol. The lowest BCUT2D eigenvalue weighted by Crippen LogP contribution is -2.49. The first kappa shape index (κ1) is 42.6. The van der Waals surface area contributed by atoms with Crippen LogP contribution >= 0.6 is 0 Å². The molecule has 0 aliphatic heterocycles. The lowest BCUT2D eigenvalue weighted by atomic mass is 9.79. The molecule has 0 aromatic carbocycles. The Morgan fingerprint density at radius 2 is 0.956 bits per heavy atom. The third-order valence-electron chi connectivity index (χ3n) is 7.50. The molecule has 0 aromatic rings. The van der Waals surface area contributed by atoms with E-state index in [9.17, 15) is 46.2 Å². The van der Waals surface area contributed by atoms with Gasteiger partial charge in [-0.1, -0.05) is 55.4 Å². The number of carbonyl (C=O) groups excluding carboxylic acids is 2. The molecule has 0 heterocycles. The summed E-state index contributed by atoms with van der Waals surface area (Å²) in [6.07, 6.45) is -0.428. The molecule has 0 spiro atoms. The van der Waals surface area contributed by atoms with Crippen molar-refractivity contribution in [2.45, 2.75) is 73.9 Å². The molecule has 2 amide bonds. The van der Waals surface area contributed by atoms with Crippen LogP contribution in [0.25, 0.3) is 0 Å². The van der Waals surface area contributed by atoms with Crippen molar-refractivity contribution >= 4 is 44.0 Å². The Kier molecular flexibility index (Phi) is 16.6. The molecule has 0 aliphatic rings. The number of carboxylic acids is 2. The molecule has 4 atom stereocenters. The van der Waals surface area contributed by atoms with Crippen LogP contribution in [-0.2, 0) is 47.8 Å². The third-order valence-corrected chi connectivity index (χ3v) is 10.0. The van der Waals surface area contributed by atoms with Crippen LogP contribution < -0.4 is 22.1 Å². The number of hydrogen-bond donors (Lipinski definition) is 6. The molecule has 0 bridgehead atoms. The Morgan fingerprint density at radius 3 is 1.20 bits per heavy atom. The topological polar surface area (TPSA) is 272 Å². The van der Waals surface area contributed by atoms with Gasteiger partial charge >= 0.3 is 11.9 Å². The Labute approximate surface area is 266 Å². The smallest absolute Gasteiger partial charge is 0.308 e. The molecular weight excluding hydrogens is 636 g/mol. The normalized spacial score (nSPS) is 15.7. The largest absolute Gasteiger partial charge is 0.481 e. The molecule has 8 N–H and O–H groups in total. The summed E-state index contributed by atoms with van der Waals surface area (Å²) in [5, 5.41) is 24.3. The SMILES string of the molecule is CC(C)[C@H](N)C(=O)NCC(C(=O)O)C(C)(C)COS(=O)(=O)CCCS(=O)(=O)OCC(C)(C)[C@@H](CNC(=O)[C@@H](N)C(C)C)C(=O)O. The summed E-state index contributed by atoms with van der Waals surface area (Å²) in [6, 6.07) is -1.71. The lowest BCUT2D eigenvalue weighted by molar-refractivity contribution is -0.148. The predicted octanol–water partition coefficient (Wildman–Crippen LogP) is -0.278. The fourth-order valence-electron chi connectivity index (χ4n) is 3.86. The van der Waals surface area contributed by atoms with Crippen LogP contribution in [0, 0.1) is 34.5 Å². The minimum absolute atomic E-state index is 0.189. The van der Waals surface area contributed by atoms with Gasteiger partial charge in [0.15, 0.2) is 0 Å². The molecule has 0 saturated heterocycles. The molecule has 0 fully saturated rings. The van der Waals surface area contributed by atoms with Gasteiger partial charge in [0.2, 0.25) is 11.8 Å². The molecule has 0 saturated carbocycles. The zero-order chi connectivity index (χ0) is 35.6. The molecule has 1 unspecified atom stereocenters. The van der Waals surface area contributed by atoms with E-state index in [4.69, 9.17) is 19.8 Å². The summed E-state index contributed by atoms with van der Waals surface area (Å²) < 4.78 is 60.0. The molecule has 0 aromatic heterocycles. The van der Waals surface area contributed by atoms with E-state index in [0.29, 0.717) is 0 Å². The van der Waals surface area contributed by atoms with Gasteiger partial charge in [0.05, 0.1) is 48.6 Å². The first-order chi connectivity index (χ1) is 20.3. The van der Waals surface area contributed by atoms with Crippen LogP contribution in [0.3, 0.4) is 0 Å². The Morgan fingerprint density at radius 1 is 0.667 bits per heavy atom. The Bertz CT molecular complexity index is 1140. The minimum atomic E-state index is -4.30. The summed E-state index contributed by atoms with van der Waals surface area (Å²) in [5.41, 5.74) is 9.01. The van der Waals surface area contributed by atoms with Crippen LogP contribution in [0.4, 0.5) is 0 Å². The van der Waals surface area contributed by atoms with Gasteiger partial charge in [-0.25, -0.2) is 0 Å². The van der Waals surface area contributed by atoms with Crippen molar-refractivity contribution in [1.29, 1.82) is 0 Å². The van der Waals surface area contributed by atoms with E-state index in [0.717, 1.165) is 0 Å². The van der Waals surface area contributed by atoms with Crippen LogP contribution in [-0.4, -0.2) is 101 Å². The summed E-state index contributed by atoms with van der Waals surface area (Å²) in [7, 11) is -8.60. The maximum Gasteiger partial charge on any atom is 0.308 e. The number of hydrogen-bond acceptors (Lipinski definition) is 12. The van der Waals surface area contributed by atoms with Gasteiger partial charge in [-0.2, -0.15) is 16.8 Å². The highest BCUT2D eigenvalue weighted by Gasteiger charge is 2.39. The highest BCUT2D eigenvalue weighted by molar-refractivity contribution is 7.87. The van der Waals surface area contributed by atoms with E-state index in [-0.39, 0.29) is 24.9 Å². The summed E-state index contributed by atoms with van der Waals surface area (Å²) in [4.78, 5) is 48.1. The molecule has 0 radical (unpaired) electrons. The van der Waals surface area contributed by atoms with Crippen LogP contribution in [0.1, 0.15) is 61.8 Å². The van der Waals surface area contributed by atoms with E-state index in [1.165, 1.54) is 27.7 Å². The summed E-state index contributed by atoms with van der Waals surface area (Å²) in [6.45, 7) is 10.9. The second-order valence-electron chi connectivity index (χ2n) is 13.2. The van der Waals surface area contributed by atoms with Crippen molar-refractivity contribution in [1.82, 2.24) is 10.6 Å². The van der Waals surface area contributed by atoms with Gasteiger partial charge in [0.25, 0.3) is 20.2 Å². The zero-order valence-electron chi connectivity index (χ0n) is 27.4. The number of rotatable bonds is 22. The van der Waals surface area contributed by atoms with E-state index in [1.54, 1.807) is 27.7 Å². The quantitative estimate of drug-likeness (QED) is 0.0799. The van der Waals surface area contributed by atoms with E-state index in [2.05, 4.69) is 10.6 Å². The van der Waals surface area contributed by atoms with Crippen molar-refractivity contribution < 1.29 is 54.6 Å². The van der Waals surface area contributed by atoms with Crippen molar-refractivity contribution in [3.8, 4) is 0 Å². The number of carboxylic acid groups (broad SMARTS) is 2. The summed E-state index contributed by atoms with van der Waals surface area (Å²) in [5.74, 6) is -8.00. The molecule has 0 rings (SSSR count). The van der Waals surface area contributed by atoms with Gasteiger partial charge in [0.1, 0.15) is 0 Å². The average molecular weight is 689 g/mol. The maximum atomic E-state index is 12.5. The first-order valence-electron chi connectivity index (χ1n) is 14.5. The second-order valence-corrected chi connectivity index (χ2v) is 16.7. The van der Waals surface area contributed by atoms with Gasteiger partial charge in [-0.3, -0.25) is 27.5 Å². The van der Waals surface area contributed by atoms with E-state index < -0.39 is 110 Å². The molecule has 264 valence electrons. The predicted molar refractivity (Wildman–Crippen MR) is 166 cm³/mol. The average Bonchev–Trinajstić information content (AvgIpc) is 2.89. The van der Waals surface area contributed by atoms with Crippen LogP contribution in [0.5, 0.6) is 0 Å². The zero-order valence-corrected chi connectivity index (χ0v) is 29.0. The lowest BCUT2D eigenvalue weighted by Gasteiger charge is -2.31. The van der Waals surface area contributed by atoms with Crippen LogP contribution in [0.2, 0.25) is 0 Å². The first-order valence-corrected chi connectivity index (χ1v) is 17.7. The minimum Gasteiger partial charge on any atom is -0.481 e. The molecular formula is C27H52N4O12S2.